The van der Waals surface area contributed by atoms with Gasteiger partial charge in [0.15, 0.2) is 0 Å². The Balaban J connectivity index is 2.68. The lowest BCUT2D eigenvalue weighted by atomic mass is 10.2. The molecule has 2 N–H and O–H groups in total. The molecule has 4 heteroatoms. The SMILES string of the molecule is CCNc1cc(O)c2cccc(Cl)c2n1. The highest BCUT2D eigenvalue weighted by Gasteiger charge is 2.06. The molecule has 0 unspecified atom stereocenters. The molecule has 0 spiro atoms. The highest BCUT2D eigenvalue weighted by molar-refractivity contribution is 6.35. The van der Waals surface area contributed by atoms with Crippen LogP contribution in [0.15, 0.2) is 24.3 Å². The largest absolute Gasteiger partial charge is 0.507 e. The van der Waals surface area contributed by atoms with Crippen molar-refractivity contribution in [2.24, 2.45) is 0 Å². The Kier molecular flexibility index (Phi) is 2.64. The second-order valence-corrected chi connectivity index (χ2v) is 3.60. The van der Waals surface area contributed by atoms with E-state index < -0.39 is 0 Å². The van der Waals surface area contributed by atoms with E-state index in [4.69, 9.17) is 11.6 Å². The molecule has 0 radical (unpaired) electrons. The zero-order valence-electron chi connectivity index (χ0n) is 8.29. The molecular weight excluding hydrogens is 212 g/mol. The second kappa shape index (κ2) is 3.95. The van der Waals surface area contributed by atoms with Gasteiger partial charge in [0, 0.05) is 18.0 Å². The molecule has 1 aromatic heterocycles. The lowest BCUT2D eigenvalue weighted by Crippen LogP contribution is -1.99. The molecule has 0 aliphatic rings. The smallest absolute Gasteiger partial charge is 0.130 e. The van der Waals surface area contributed by atoms with Crippen LogP contribution in [0.1, 0.15) is 6.92 Å². The van der Waals surface area contributed by atoms with Crippen molar-refractivity contribution in [2.75, 3.05) is 11.9 Å². The van der Waals surface area contributed by atoms with Crippen LogP contribution in [0.4, 0.5) is 5.82 Å². The third kappa shape index (κ3) is 1.83. The molecule has 0 amide bonds. The monoisotopic (exact) mass is 222 g/mol. The van der Waals surface area contributed by atoms with E-state index in [0.717, 1.165) is 6.54 Å². The van der Waals surface area contributed by atoms with Crippen molar-refractivity contribution in [3.05, 3.63) is 29.3 Å². The number of rotatable bonds is 2. The van der Waals surface area contributed by atoms with Gasteiger partial charge in [0.25, 0.3) is 0 Å². The Morgan fingerprint density at radius 3 is 3.00 bits per heavy atom. The number of para-hydroxylation sites is 1. The minimum atomic E-state index is 0.193. The first kappa shape index (κ1) is 10.1. The van der Waals surface area contributed by atoms with Crippen molar-refractivity contribution < 1.29 is 5.11 Å². The summed E-state index contributed by atoms with van der Waals surface area (Å²) in [5, 5.41) is 14.0. The minimum absolute atomic E-state index is 0.193. The molecule has 0 saturated heterocycles. The maximum Gasteiger partial charge on any atom is 0.130 e. The van der Waals surface area contributed by atoms with Gasteiger partial charge in [-0.15, -0.1) is 0 Å². The van der Waals surface area contributed by atoms with Gasteiger partial charge < -0.3 is 10.4 Å². The van der Waals surface area contributed by atoms with Crippen molar-refractivity contribution >= 4 is 28.3 Å². The molecule has 2 rings (SSSR count). The van der Waals surface area contributed by atoms with Gasteiger partial charge >= 0.3 is 0 Å². The van der Waals surface area contributed by atoms with Crippen molar-refractivity contribution in [3.63, 3.8) is 0 Å². The van der Waals surface area contributed by atoms with Gasteiger partial charge in [-0.25, -0.2) is 4.98 Å². The van der Waals surface area contributed by atoms with Crippen molar-refractivity contribution in [1.29, 1.82) is 0 Å². The first-order chi connectivity index (χ1) is 7.22. The van der Waals surface area contributed by atoms with E-state index in [1.54, 1.807) is 24.3 Å². The van der Waals surface area contributed by atoms with Gasteiger partial charge in [-0.2, -0.15) is 0 Å². The van der Waals surface area contributed by atoms with Crippen LogP contribution in [0.5, 0.6) is 5.75 Å². The number of nitrogens with zero attached hydrogens (tertiary/aromatic N) is 1. The van der Waals surface area contributed by atoms with Crippen LogP contribution >= 0.6 is 11.6 Å². The van der Waals surface area contributed by atoms with E-state index in [1.807, 2.05) is 6.92 Å². The van der Waals surface area contributed by atoms with Gasteiger partial charge in [-0.1, -0.05) is 17.7 Å². The summed E-state index contributed by atoms with van der Waals surface area (Å²) >= 11 is 6.00. The van der Waals surface area contributed by atoms with Crippen molar-refractivity contribution in [1.82, 2.24) is 4.98 Å². The molecule has 78 valence electrons. The van der Waals surface area contributed by atoms with Gasteiger partial charge in [-0.05, 0) is 19.1 Å². The molecule has 3 nitrogen and oxygen atoms in total. The molecule has 0 bridgehead atoms. The van der Waals surface area contributed by atoms with Crippen LogP contribution in [0.3, 0.4) is 0 Å². The van der Waals surface area contributed by atoms with Crippen LogP contribution in [-0.4, -0.2) is 16.6 Å². The number of nitrogens with one attached hydrogen (secondary N) is 1. The summed E-state index contributed by atoms with van der Waals surface area (Å²) in [5.74, 6) is 0.828. The molecule has 0 aliphatic heterocycles. The molecule has 1 heterocycles. The number of hydrogen-bond donors (Lipinski definition) is 2. The van der Waals surface area contributed by atoms with Crippen LogP contribution in [0, 0.1) is 0 Å². The van der Waals surface area contributed by atoms with Crippen LogP contribution in [0.2, 0.25) is 5.02 Å². The average molecular weight is 223 g/mol. The Morgan fingerprint density at radius 1 is 1.47 bits per heavy atom. The molecule has 15 heavy (non-hydrogen) atoms. The number of aromatic hydroxyl groups is 1. The minimum Gasteiger partial charge on any atom is -0.507 e. The highest BCUT2D eigenvalue weighted by Crippen LogP contribution is 2.30. The van der Waals surface area contributed by atoms with Crippen LogP contribution < -0.4 is 5.32 Å². The normalized spacial score (nSPS) is 10.5. The van der Waals surface area contributed by atoms with E-state index in [0.29, 0.717) is 21.7 Å². The van der Waals surface area contributed by atoms with Gasteiger partial charge in [0.1, 0.15) is 11.6 Å². The number of fused-ring (bicyclic) bond motifs is 1. The van der Waals surface area contributed by atoms with Crippen molar-refractivity contribution in [3.8, 4) is 5.75 Å². The molecule has 1 aromatic carbocycles. The van der Waals surface area contributed by atoms with Gasteiger partial charge in [0.05, 0.1) is 10.5 Å². The third-order valence-corrected chi connectivity index (χ3v) is 2.43. The number of aromatic nitrogens is 1. The van der Waals surface area contributed by atoms with Gasteiger partial charge in [-0.3, -0.25) is 0 Å². The molecular formula is C11H11ClN2O. The standard InChI is InChI=1S/C11H11ClN2O/c1-2-13-10-6-9(15)7-4-3-5-8(12)11(7)14-10/h3-6H,2H2,1H3,(H2,13,14,15). The quantitative estimate of drug-likeness (QED) is 0.821. The summed E-state index contributed by atoms with van der Waals surface area (Å²) in [6.07, 6.45) is 0. The van der Waals surface area contributed by atoms with E-state index in [1.165, 1.54) is 0 Å². The van der Waals surface area contributed by atoms with E-state index in [-0.39, 0.29) is 5.75 Å². The summed E-state index contributed by atoms with van der Waals surface area (Å²) in [4.78, 5) is 4.32. The predicted molar refractivity (Wildman–Crippen MR) is 62.6 cm³/mol. The fourth-order valence-corrected chi connectivity index (χ4v) is 1.68. The molecule has 2 aromatic rings. The summed E-state index contributed by atoms with van der Waals surface area (Å²) in [6, 6.07) is 6.94. The third-order valence-electron chi connectivity index (χ3n) is 2.13. The summed E-state index contributed by atoms with van der Waals surface area (Å²) in [6.45, 7) is 2.72. The molecule has 0 aliphatic carbocycles. The predicted octanol–water partition coefficient (Wildman–Crippen LogP) is 3.03. The van der Waals surface area contributed by atoms with E-state index in [2.05, 4.69) is 10.3 Å². The van der Waals surface area contributed by atoms with Crippen LogP contribution in [-0.2, 0) is 0 Å². The lowest BCUT2D eigenvalue weighted by molar-refractivity contribution is 0.481. The van der Waals surface area contributed by atoms with E-state index in [9.17, 15) is 5.11 Å². The zero-order valence-corrected chi connectivity index (χ0v) is 9.04. The molecule has 0 fully saturated rings. The maximum absolute atomic E-state index is 9.76. The fourth-order valence-electron chi connectivity index (χ4n) is 1.47. The number of hydrogen-bond acceptors (Lipinski definition) is 3. The lowest BCUT2D eigenvalue weighted by Gasteiger charge is -2.07. The Morgan fingerprint density at radius 2 is 2.27 bits per heavy atom. The topological polar surface area (TPSA) is 45.1 Å². The summed E-state index contributed by atoms with van der Waals surface area (Å²) in [7, 11) is 0. The Hall–Kier alpha value is -1.48. The summed E-state index contributed by atoms with van der Waals surface area (Å²) in [5.41, 5.74) is 0.620. The average Bonchev–Trinajstić information content (AvgIpc) is 2.20. The highest BCUT2D eigenvalue weighted by atomic mass is 35.5. The Bertz CT molecular complexity index is 499. The van der Waals surface area contributed by atoms with Crippen molar-refractivity contribution in [2.45, 2.75) is 6.92 Å². The molecule has 0 atom stereocenters. The van der Waals surface area contributed by atoms with Crippen LogP contribution in [0.25, 0.3) is 10.9 Å². The summed E-state index contributed by atoms with van der Waals surface area (Å²) < 4.78 is 0. The molecule has 0 saturated carbocycles. The number of pyridine rings is 1. The first-order valence-electron chi connectivity index (χ1n) is 4.74. The first-order valence-corrected chi connectivity index (χ1v) is 5.12. The number of halogens is 1. The van der Waals surface area contributed by atoms with Gasteiger partial charge in [0.2, 0.25) is 0 Å². The fraction of sp³-hybridized carbons (Fsp3) is 0.182. The van der Waals surface area contributed by atoms with E-state index >= 15 is 0 Å². The number of anilines is 1. The zero-order chi connectivity index (χ0) is 10.8. The maximum atomic E-state index is 9.76. The Labute approximate surface area is 92.7 Å². The number of benzene rings is 1. The second-order valence-electron chi connectivity index (χ2n) is 3.19.